The molecule has 0 radical (unpaired) electrons. The van der Waals surface area contributed by atoms with Gasteiger partial charge in [0.15, 0.2) is 0 Å². The number of hydrogen-bond donors (Lipinski definition) is 2. The molecule has 3 N–H and O–H groups in total. The number of nitrogen functional groups attached to an aromatic ring is 1. The van der Waals surface area contributed by atoms with Gasteiger partial charge in [-0.15, -0.1) is 0 Å². The predicted octanol–water partition coefficient (Wildman–Crippen LogP) is 2.77. The molecule has 1 aliphatic rings. The van der Waals surface area contributed by atoms with Gasteiger partial charge in [-0.05, 0) is 58.8 Å². The molecule has 0 unspecified atom stereocenters. The van der Waals surface area contributed by atoms with Gasteiger partial charge in [-0.2, -0.15) is 0 Å². The second-order valence-electron chi connectivity index (χ2n) is 6.76. The maximum atomic E-state index is 12.8. The molecule has 0 aliphatic carbocycles. The Labute approximate surface area is 137 Å². The molecule has 128 valence electrons. The summed E-state index contributed by atoms with van der Waals surface area (Å²) in [7, 11) is 1.57. The fourth-order valence-corrected chi connectivity index (χ4v) is 2.69. The topological polar surface area (TPSA) is 76.8 Å². The highest BCUT2D eigenvalue weighted by Crippen LogP contribution is 2.31. The first kappa shape index (κ1) is 17.4. The molecule has 23 heavy (non-hydrogen) atoms. The molecule has 0 bridgehead atoms. The van der Waals surface area contributed by atoms with Crippen molar-refractivity contribution in [1.29, 1.82) is 0 Å². The number of nitrogens with one attached hydrogen (secondary N) is 1. The number of nitrogens with zero attached hydrogens (tertiary/aromatic N) is 1. The Balaban J connectivity index is 2.34. The zero-order valence-electron chi connectivity index (χ0n) is 14.4. The van der Waals surface area contributed by atoms with Crippen molar-refractivity contribution in [2.24, 2.45) is 0 Å². The average molecular weight is 321 g/mol. The summed E-state index contributed by atoms with van der Waals surface area (Å²) in [6, 6.07) is 5.48. The number of nitrogens with two attached hydrogens (primary N) is 1. The van der Waals surface area contributed by atoms with Crippen molar-refractivity contribution in [3.8, 4) is 5.75 Å². The van der Waals surface area contributed by atoms with E-state index in [4.69, 9.17) is 15.2 Å². The second kappa shape index (κ2) is 7.08. The first-order valence-electron chi connectivity index (χ1n) is 7.98. The molecule has 0 aromatic heterocycles. The van der Waals surface area contributed by atoms with Gasteiger partial charge in [0.2, 0.25) is 0 Å². The molecule has 1 aromatic rings. The molecule has 1 amide bonds. The van der Waals surface area contributed by atoms with Crippen LogP contribution in [0.5, 0.6) is 5.75 Å². The Kier molecular flexibility index (Phi) is 5.36. The van der Waals surface area contributed by atoms with E-state index in [1.54, 1.807) is 24.1 Å². The molecule has 1 heterocycles. The van der Waals surface area contributed by atoms with Crippen molar-refractivity contribution >= 4 is 17.5 Å². The van der Waals surface area contributed by atoms with Crippen LogP contribution in [-0.4, -0.2) is 37.9 Å². The number of hydrogen-bond acceptors (Lipinski definition) is 5. The summed E-state index contributed by atoms with van der Waals surface area (Å²) >= 11 is 0. The van der Waals surface area contributed by atoms with Crippen molar-refractivity contribution in [3.05, 3.63) is 18.2 Å². The Morgan fingerprint density at radius 2 is 1.96 bits per heavy atom. The van der Waals surface area contributed by atoms with Crippen molar-refractivity contribution in [2.45, 2.75) is 45.3 Å². The Morgan fingerprint density at radius 3 is 2.52 bits per heavy atom. The summed E-state index contributed by atoms with van der Waals surface area (Å²) in [5, 5.41) is 3.32. The molecule has 0 spiro atoms. The number of anilines is 2. The van der Waals surface area contributed by atoms with Gasteiger partial charge < -0.3 is 20.5 Å². The Bertz CT molecular complexity index is 549. The molecule has 6 heteroatoms. The molecule has 0 atom stereocenters. The Hall–Kier alpha value is -1.95. The van der Waals surface area contributed by atoms with E-state index in [0.29, 0.717) is 11.4 Å². The van der Waals surface area contributed by atoms with Gasteiger partial charge in [0.05, 0.1) is 18.5 Å². The monoisotopic (exact) mass is 321 g/mol. The van der Waals surface area contributed by atoms with E-state index >= 15 is 0 Å². The van der Waals surface area contributed by atoms with Crippen LogP contribution >= 0.6 is 0 Å². The smallest absolute Gasteiger partial charge is 0.415 e. The highest BCUT2D eigenvalue weighted by Gasteiger charge is 2.31. The third-order valence-corrected chi connectivity index (χ3v) is 3.76. The van der Waals surface area contributed by atoms with Crippen LogP contribution < -0.4 is 20.7 Å². The maximum absolute atomic E-state index is 12.8. The number of carbonyl (C=O) groups excluding carboxylic acids is 1. The van der Waals surface area contributed by atoms with Crippen LogP contribution in [0.15, 0.2) is 18.2 Å². The molecule has 1 saturated heterocycles. The largest absolute Gasteiger partial charge is 0.495 e. The van der Waals surface area contributed by atoms with E-state index in [1.807, 2.05) is 26.8 Å². The van der Waals surface area contributed by atoms with Crippen LogP contribution in [-0.2, 0) is 4.74 Å². The molecule has 0 saturated carbocycles. The number of amides is 1. The van der Waals surface area contributed by atoms with E-state index in [9.17, 15) is 4.79 Å². The molecule has 6 nitrogen and oxygen atoms in total. The van der Waals surface area contributed by atoms with Crippen LogP contribution in [0.25, 0.3) is 0 Å². The zero-order valence-corrected chi connectivity index (χ0v) is 14.4. The summed E-state index contributed by atoms with van der Waals surface area (Å²) in [5.74, 6) is 0.560. The number of piperidine rings is 1. The average Bonchev–Trinajstić information content (AvgIpc) is 2.48. The van der Waals surface area contributed by atoms with Gasteiger partial charge in [0.25, 0.3) is 0 Å². The molecular weight excluding hydrogens is 294 g/mol. The fraction of sp³-hybridized carbons (Fsp3) is 0.588. The van der Waals surface area contributed by atoms with E-state index in [0.717, 1.165) is 31.6 Å². The lowest BCUT2D eigenvalue weighted by molar-refractivity contribution is 0.0559. The van der Waals surface area contributed by atoms with Gasteiger partial charge in [0, 0.05) is 12.1 Å². The van der Waals surface area contributed by atoms with E-state index in [1.165, 1.54) is 0 Å². The van der Waals surface area contributed by atoms with Crippen LogP contribution in [0.3, 0.4) is 0 Å². The van der Waals surface area contributed by atoms with Gasteiger partial charge in [-0.1, -0.05) is 0 Å². The van der Waals surface area contributed by atoms with Crippen LogP contribution in [0, 0.1) is 0 Å². The highest BCUT2D eigenvalue weighted by molar-refractivity contribution is 5.89. The summed E-state index contributed by atoms with van der Waals surface area (Å²) < 4.78 is 10.9. The lowest BCUT2D eigenvalue weighted by Gasteiger charge is -2.36. The van der Waals surface area contributed by atoms with Gasteiger partial charge in [-0.25, -0.2) is 4.79 Å². The summed E-state index contributed by atoms with van der Waals surface area (Å²) in [4.78, 5) is 14.5. The predicted molar refractivity (Wildman–Crippen MR) is 92.0 cm³/mol. The first-order chi connectivity index (χ1) is 10.8. The van der Waals surface area contributed by atoms with E-state index < -0.39 is 5.60 Å². The third-order valence-electron chi connectivity index (χ3n) is 3.76. The second-order valence-corrected chi connectivity index (χ2v) is 6.76. The SMILES string of the molecule is COc1cc(N(C(=O)OC(C)(C)C)C2CCNCC2)ccc1N. The van der Waals surface area contributed by atoms with Crippen molar-refractivity contribution < 1.29 is 14.3 Å². The van der Waals surface area contributed by atoms with Crippen molar-refractivity contribution in [2.75, 3.05) is 30.8 Å². The number of ether oxygens (including phenoxy) is 2. The lowest BCUT2D eigenvalue weighted by Crippen LogP contribution is -2.48. The van der Waals surface area contributed by atoms with Crippen molar-refractivity contribution in [3.63, 3.8) is 0 Å². The third kappa shape index (κ3) is 4.51. The molecule has 1 aliphatic heterocycles. The fourth-order valence-electron chi connectivity index (χ4n) is 2.69. The lowest BCUT2D eigenvalue weighted by atomic mass is 10.0. The molecular formula is C17H27N3O3. The van der Waals surface area contributed by atoms with Crippen LogP contribution in [0.1, 0.15) is 33.6 Å². The molecule has 1 aromatic carbocycles. The first-order valence-corrected chi connectivity index (χ1v) is 7.98. The number of rotatable bonds is 3. The van der Waals surface area contributed by atoms with Crippen LogP contribution in [0.4, 0.5) is 16.2 Å². The molecule has 1 fully saturated rings. The van der Waals surface area contributed by atoms with Gasteiger partial charge >= 0.3 is 6.09 Å². The number of benzene rings is 1. The standard InChI is InChI=1S/C17H27N3O3/c1-17(2,3)23-16(21)20(12-7-9-19-10-8-12)13-5-6-14(18)15(11-13)22-4/h5-6,11-12,19H,7-10,18H2,1-4H3. The Morgan fingerprint density at radius 1 is 1.30 bits per heavy atom. The van der Waals surface area contributed by atoms with E-state index in [-0.39, 0.29) is 12.1 Å². The number of carbonyl (C=O) groups is 1. The van der Waals surface area contributed by atoms with E-state index in [2.05, 4.69) is 5.32 Å². The summed E-state index contributed by atoms with van der Waals surface area (Å²) in [6.07, 6.45) is 1.42. The van der Waals surface area contributed by atoms with Gasteiger partial charge in [-0.3, -0.25) is 4.90 Å². The maximum Gasteiger partial charge on any atom is 0.415 e. The van der Waals surface area contributed by atoms with Crippen molar-refractivity contribution in [1.82, 2.24) is 5.32 Å². The highest BCUT2D eigenvalue weighted by atomic mass is 16.6. The zero-order chi connectivity index (χ0) is 17.0. The molecule has 2 rings (SSSR count). The normalized spacial score (nSPS) is 16.0. The number of methoxy groups -OCH3 is 1. The summed E-state index contributed by atoms with van der Waals surface area (Å²) in [5.41, 5.74) is 6.64. The van der Waals surface area contributed by atoms with Gasteiger partial charge in [0.1, 0.15) is 11.4 Å². The quantitative estimate of drug-likeness (QED) is 0.837. The summed E-state index contributed by atoms with van der Waals surface area (Å²) in [6.45, 7) is 7.38. The minimum absolute atomic E-state index is 0.0967. The minimum Gasteiger partial charge on any atom is -0.495 e. The minimum atomic E-state index is -0.542. The van der Waals surface area contributed by atoms with Crippen LogP contribution in [0.2, 0.25) is 0 Å².